The SMILES string of the molecule is CCc1ccc(-c2nnc(-c3ccc(C(=O)O)cc3)o2)cc1. The van der Waals surface area contributed by atoms with Crippen LogP contribution < -0.4 is 0 Å². The van der Waals surface area contributed by atoms with Gasteiger partial charge in [0.25, 0.3) is 0 Å². The zero-order chi connectivity index (χ0) is 15.5. The van der Waals surface area contributed by atoms with Gasteiger partial charge in [0.1, 0.15) is 0 Å². The minimum absolute atomic E-state index is 0.221. The molecule has 0 atom stereocenters. The summed E-state index contributed by atoms with van der Waals surface area (Å²) in [5.41, 5.74) is 3.01. The molecule has 1 N–H and O–H groups in total. The molecule has 0 saturated heterocycles. The summed E-state index contributed by atoms with van der Waals surface area (Å²) < 4.78 is 5.66. The topological polar surface area (TPSA) is 76.2 Å². The first-order valence-electron chi connectivity index (χ1n) is 6.94. The van der Waals surface area contributed by atoms with Crippen molar-refractivity contribution < 1.29 is 14.3 Å². The van der Waals surface area contributed by atoms with Crippen LogP contribution in [-0.2, 0) is 6.42 Å². The van der Waals surface area contributed by atoms with Crippen molar-refractivity contribution in [2.24, 2.45) is 0 Å². The Morgan fingerprint density at radius 1 is 0.955 bits per heavy atom. The Morgan fingerprint density at radius 3 is 1.91 bits per heavy atom. The fraction of sp³-hybridized carbons (Fsp3) is 0.118. The first-order valence-corrected chi connectivity index (χ1v) is 6.94. The van der Waals surface area contributed by atoms with E-state index in [2.05, 4.69) is 17.1 Å². The number of hydrogen-bond acceptors (Lipinski definition) is 4. The molecule has 0 spiro atoms. The zero-order valence-corrected chi connectivity index (χ0v) is 12.0. The number of carboxylic acid groups (broad SMARTS) is 1. The van der Waals surface area contributed by atoms with E-state index in [0.29, 0.717) is 17.3 Å². The van der Waals surface area contributed by atoms with Crippen LogP contribution in [0.15, 0.2) is 52.9 Å². The molecule has 2 aromatic carbocycles. The fourth-order valence-corrected chi connectivity index (χ4v) is 2.09. The molecule has 1 heterocycles. The van der Waals surface area contributed by atoms with Crippen LogP contribution in [0, 0.1) is 0 Å². The average Bonchev–Trinajstić information content (AvgIpc) is 3.05. The normalized spacial score (nSPS) is 10.6. The molecule has 5 nitrogen and oxygen atoms in total. The summed E-state index contributed by atoms with van der Waals surface area (Å²) in [5.74, 6) is -0.153. The van der Waals surface area contributed by atoms with Crippen LogP contribution in [0.2, 0.25) is 0 Å². The number of aromatic nitrogens is 2. The summed E-state index contributed by atoms with van der Waals surface area (Å²) in [6.07, 6.45) is 0.977. The molecular formula is C17H14N2O3. The number of carbonyl (C=O) groups is 1. The van der Waals surface area contributed by atoms with E-state index in [0.717, 1.165) is 12.0 Å². The van der Waals surface area contributed by atoms with E-state index in [-0.39, 0.29) is 5.56 Å². The molecule has 3 aromatic rings. The summed E-state index contributed by atoms with van der Waals surface area (Å²) in [4.78, 5) is 10.8. The first-order chi connectivity index (χ1) is 10.7. The smallest absolute Gasteiger partial charge is 0.335 e. The van der Waals surface area contributed by atoms with Gasteiger partial charge in [-0.2, -0.15) is 0 Å². The molecule has 0 unspecified atom stereocenters. The van der Waals surface area contributed by atoms with Crippen molar-refractivity contribution in [3.8, 4) is 22.9 Å². The molecule has 1 aromatic heterocycles. The molecule has 0 aliphatic heterocycles. The Balaban J connectivity index is 1.87. The fourth-order valence-electron chi connectivity index (χ4n) is 2.09. The van der Waals surface area contributed by atoms with E-state index in [1.54, 1.807) is 12.1 Å². The maximum Gasteiger partial charge on any atom is 0.335 e. The summed E-state index contributed by atoms with van der Waals surface area (Å²) >= 11 is 0. The quantitative estimate of drug-likeness (QED) is 0.794. The largest absolute Gasteiger partial charge is 0.478 e. The molecule has 5 heteroatoms. The standard InChI is InChI=1S/C17H14N2O3/c1-2-11-3-5-12(6-4-11)15-18-19-16(22-15)13-7-9-14(10-8-13)17(20)21/h3-10H,2H2,1H3,(H,20,21). The third-order valence-corrected chi connectivity index (χ3v) is 3.41. The van der Waals surface area contributed by atoms with Crippen LogP contribution in [0.25, 0.3) is 22.9 Å². The summed E-state index contributed by atoms with van der Waals surface area (Å²) in [6.45, 7) is 2.10. The van der Waals surface area contributed by atoms with Crippen molar-refractivity contribution in [1.29, 1.82) is 0 Å². The van der Waals surface area contributed by atoms with E-state index in [1.807, 2.05) is 24.3 Å². The second-order valence-electron chi connectivity index (χ2n) is 4.85. The Bertz CT molecular complexity index is 790. The van der Waals surface area contributed by atoms with Gasteiger partial charge in [0.15, 0.2) is 0 Å². The van der Waals surface area contributed by atoms with Crippen molar-refractivity contribution in [3.05, 3.63) is 59.7 Å². The molecule has 0 aliphatic rings. The van der Waals surface area contributed by atoms with Crippen LogP contribution in [0.1, 0.15) is 22.8 Å². The minimum atomic E-state index is -0.964. The highest BCUT2D eigenvalue weighted by molar-refractivity contribution is 5.88. The highest BCUT2D eigenvalue weighted by Gasteiger charge is 2.11. The van der Waals surface area contributed by atoms with Crippen molar-refractivity contribution in [2.45, 2.75) is 13.3 Å². The van der Waals surface area contributed by atoms with Crippen LogP contribution in [0.5, 0.6) is 0 Å². The lowest BCUT2D eigenvalue weighted by molar-refractivity contribution is 0.0697. The summed E-state index contributed by atoms with van der Waals surface area (Å²) in [6, 6.07) is 14.3. The number of hydrogen-bond donors (Lipinski definition) is 1. The Morgan fingerprint density at radius 2 is 1.45 bits per heavy atom. The van der Waals surface area contributed by atoms with Crippen molar-refractivity contribution in [1.82, 2.24) is 10.2 Å². The van der Waals surface area contributed by atoms with Gasteiger partial charge in [0.05, 0.1) is 5.56 Å². The summed E-state index contributed by atoms with van der Waals surface area (Å²) in [5, 5.41) is 16.9. The molecule has 0 fully saturated rings. The molecule has 0 bridgehead atoms. The van der Waals surface area contributed by atoms with Gasteiger partial charge in [-0.05, 0) is 48.4 Å². The van der Waals surface area contributed by atoms with Gasteiger partial charge in [-0.15, -0.1) is 10.2 Å². The van der Waals surface area contributed by atoms with Gasteiger partial charge in [-0.3, -0.25) is 0 Å². The molecule has 110 valence electrons. The van der Waals surface area contributed by atoms with Crippen LogP contribution in [-0.4, -0.2) is 21.3 Å². The van der Waals surface area contributed by atoms with E-state index < -0.39 is 5.97 Å². The highest BCUT2D eigenvalue weighted by Crippen LogP contribution is 2.24. The van der Waals surface area contributed by atoms with Crippen molar-refractivity contribution in [2.75, 3.05) is 0 Å². The number of carboxylic acids is 1. The van der Waals surface area contributed by atoms with Crippen LogP contribution in [0.3, 0.4) is 0 Å². The minimum Gasteiger partial charge on any atom is -0.478 e. The maximum absolute atomic E-state index is 10.8. The van der Waals surface area contributed by atoms with E-state index in [4.69, 9.17) is 9.52 Å². The number of nitrogens with zero attached hydrogens (tertiary/aromatic N) is 2. The number of aryl methyl sites for hydroxylation is 1. The van der Waals surface area contributed by atoms with E-state index in [9.17, 15) is 4.79 Å². The second-order valence-corrected chi connectivity index (χ2v) is 4.85. The lowest BCUT2D eigenvalue weighted by Gasteiger charge is -1.98. The van der Waals surface area contributed by atoms with Crippen LogP contribution in [0.4, 0.5) is 0 Å². The predicted octanol–water partition coefficient (Wildman–Crippen LogP) is 3.66. The predicted molar refractivity (Wildman–Crippen MR) is 81.5 cm³/mol. The molecule has 3 rings (SSSR count). The van der Waals surface area contributed by atoms with Gasteiger partial charge in [0, 0.05) is 11.1 Å². The van der Waals surface area contributed by atoms with Gasteiger partial charge in [-0.1, -0.05) is 19.1 Å². The molecule has 0 saturated carbocycles. The second kappa shape index (κ2) is 5.81. The monoisotopic (exact) mass is 294 g/mol. The maximum atomic E-state index is 10.8. The Labute approximate surface area is 127 Å². The van der Waals surface area contributed by atoms with Gasteiger partial charge < -0.3 is 9.52 Å². The average molecular weight is 294 g/mol. The summed E-state index contributed by atoms with van der Waals surface area (Å²) in [7, 11) is 0. The van der Waals surface area contributed by atoms with Gasteiger partial charge in [0.2, 0.25) is 11.8 Å². The number of benzene rings is 2. The van der Waals surface area contributed by atoms with E-state index in [1.165, 1.54) is 17.7 Å². The lowest BCUT2D eigenvalue weighted by atomic mass is 10.1. The van der Waals surface area contributed by atoms with Crippen molar-refractivity contribution in [3.63, 3.8) is 0 Å². The van der Waals surface area contributed by atoms with Gasteiger partial charge >= 0.3 is 5.97 Å². The first kappa shape index (κ1) is 14.0. The molecule has 0 amide bonds. The molecule has 22 heavy (non-hydrogen) atoms. The molecular weight excluding hydrogens is 280 g/mol. The lowest BCUT2D eigenvalue weighted by Crippen LogP contribution is -1.94. The van der Waals surface area contributed by atoms with E-state index >= 15 is 0 Å². The molecule has 0 radical (unpaired) electrons. The van der Waals surface area contributed by atoms with Gasteiger partial charge in [-0.25, -0.2) is 4.79 Å². The number of rotatable bonds is 4. The Hall–Kier alpha value is -2.95. The highest BCUT2D eigenvalue weighted by atomic mass is 16.4. The van der Waals surface area contributed by atoms with Crippen LogP contribution >= 0.6 is 0 Å². The third-order valence-electron chi connectivity index (χ3n) is 3.41. The third kappa shape index (κ3) is 2.74. The number of aromatic carboxylic acids is 1. The Kier molecular flexibility index (Phi) is 3.70. The zero-order valence-electron chi connectivity index (χ0n) is 12.0. The van der Waals surface area contributed by atoms with Crippen molar-refractivity contribution >= 4 is 5.97 Å². The molecule has 0 aliphatic carbocycles.